The molecule has 0 aliphatic rings. The molecule has 0 unspecified atom stereocenters. The van der Waals surface area contributed by atoms with Crippen LogP contribution in [0.3, 0.4) is 0 Å². The van der Waals surface area contributed by atoms with Gasteiger partial charge in [-0.2, -0.15) is 0 Å². The Hall–Kier alpha value is -3.74. The maximum absolute atomic E-state index is 12.7. The minimum Gasteiger partial charge on any atom is -0.465 e. The van der Waals surface area contributed by atoms with Gasteiger partial charge in [0.05, 0.1) is 18.4 Å². The highest BCUT2D eigenvalue weighted by atomic mass is 16.5. The number of benzene rings is 1. The molecular formula is C22H22N4O3. The predicted octanol–water partition coefficient (Wildman–Crippen LogP) is 3.19. The molecule has 0 bridgehead atoms. The zero-order chi connectivity index (χ0) is 20.6. The van der Waals surface area contributed by atoms with Crippen LogP contribution < -0.4 is 10.2 Å². The largest absolute Gasteiger partial charge is 0.465 e. The molecule has 2 aromatic heterocycles. The first-order chi connectivity index (χ1) is 14.1. The van der Waals surface area contributed by atoms with E-state index in [0.29, 0.717) is 22.6 Å². The fraction of sp³-hybridized carbons (Fsp3) is 0.182. The summed E-state index contributed by atoms with van der Waals surface area (Å²) in [6, 6.07) is 14.0. The number of nitrogens with one attached hydrogen (secondary N) is 1. The molecule has 1 aromatic carbocycles. The summed E-state index contributed by atoms with van der Waals surface area (Å²) >= 11 is 0. The Morgan fingerprint density at radius 2 is 1.83 bits per heavy atom. The van der Waals surface area contributed by atoms with Gasteiger partial charge in [-0.25, -0.2) is 9.78 Å². The Bertz CT molecular complexity index is 992. The van der Waals surface area contributed by atoms with Gasteiger partial charge in [0.1, 0.15) is 5.82 Å². The van der Waals surface area contributed by atoms with Crippen LogP contribution in [-0.2, 0) is 11.2 Å². The number of hydrogen-bond donors (Lipinski definition) is 1. The van der Waals surface area contributed by atoms with E-state index in [1.54, 1.807) is 55.0 Å². The number of methoxy groups -OCH3 is 1. The standard InChI is InChI=1S/C22H22N4O3/c1-26(14-10-16-7-11-23-12-8-16)20-15-17(9-13-24-20)21(27)25-19-6-4-3-5-18(19)22(28)29-2/h3-9,11-13,15H,10,14H2,1-2H3,(H,25,27). The van der Waals surface area contributed by atoms with Crippen molar-refractivity contribution in [3.05, 3.63) is 83.8 Å². The molecule has 1 N–H and O–H groups in total. The Morgan fingerprint density at radius 1 is 1.07 bits per heavy atom. The van der Waals surface area contributed by atoms with Crippen molar-refractivity contribution in [1.29, 1.82) is 0 Å². The molecule has 0 aliphatic heterocycles. The van der Waals surface area contributed by atoms with Crippen molar-refractivity contribution in [3.63, 3.8) is 0 Å². The Kier molecular flexibility index (Phi) is 6.52. The van der Waals surface area contributed by atoms with E-state index in [1.807, 2.05) is 24.1 Å². The summed E-state index contributed by atoms with van der Waals surface area (Å²) in [4.78, 5) is 35.0. The predicted molar refractivity (Wildman–Crippen MR) is 111 cm³/mol. The molecule has 0 saturated carbocycles. The number of carbonyl (C=O) groups is 2. The molecule has 7 heteroatoms. The molecule has 0 spiro atoms. The number of aromatic nitrogens is 2. The molecule has 0 radical (unpaired) electrons. The second-order valence-corrected chi connectivity index (χ2v) is 6.42. The highest BCUT2D eigenvalue weighted by molar-refractivity contribution is 6.08. The monoisotopic (exact) mass is 390 g/mol. The van der Waals surface area contributed by atoms with Gasteiger partial charge in [-0.1, -0.05) is 12.1 Å². The van der Waals surface area contributed by atoms with Gasteiger partial charge in [0.15, 0.2) is 0 Å². The van der Waals surface area contributed by atoms with Gasteiger partial charge < -0.3 is 15.0 Å². The summed E-state index contributed by atoms with van der Waals surface area (Å²) in [7, 11) is 3.23. The average molecular weight is 390 g/mol. The zero-order valence-corrected chi connectivity index (χ0v) is 16.3. The van der Waals surface area contributed by atoms with Gasteiger partial charge in [0.2, 0.25) is 0 Å². The van der Waals surface area contributed by atoms with E-state index in [0.717, 1.165) is 13.0 Å². The number of esters is 1. The smallest absolute Gasteiger partial charge is 0.339 e. The van der Waals surface area contributed by atoms with Crippen molar-refractivity contribution >= 4 is 23.4 Å². The minimum absolute atomic E-state index is 0.298. The molecule has 3 aromatic rings. The maximum atomic E-state index is 12.7. The highest BCUT2D eigenvalue weighted by Crippen LogP contribution is 2.18. The van der Waals surface area contributed by atoms with Gasteiger partial charge in [-0.05, 0) is 48.4 Å². The molecule has 0 fully saturated rings. The van der Waals surface area contributed by atoms with Crippen LogP contribution >= 0.6 is 0 Å². The first-order valence-electron chi connectivity index (χ1n) is 9.13. The Balaban J connectivity index is 1.70. The summed E-state index contributed by atoms with van der Waals surface area (Å²) < 4.78 is 4.77. The van der Waals surface area contributed by atoms with Crippen LogP contribution in [0.4, 0.5) is 11.5 Å². The van der Waals surface area contributed by atoms with Gasteiger partial charge in [-0.3, -0.25) is 9.78 Å². The van der Waals surface area contributed by atoms with Crippen molar-refractivity contribution < 1.29 is 14.3 Å². The molecular weight excluding hydrogens is 368 g/mol. The van der Waals surface area contributed by atoms with Crippen LogP contribution in [0, 0.1) is 0 Å². The Morgan fingerprint density at radius 3 is 2.59 bits per heavy atom. The minimum atomic E-state index is -0.507. The number of ether oxygens (including phenoxy) is 1. The summed E-state index contributed by atoms with van der Waals surface area (Å²) in [6.07, 6.45) is 5.97. The van der Waals surface area contributed by atoms with Crippen LogP contribution in [0.5, 0.6) is 0 Å². The van der Waals surface area contributed by atoms with E-state index in [-0.39, 0.29) is 5.91 Å². The molecule has 3 rings (SSSR count). The van der Waals surface area contributed by atoms with Crippen LogP contribution in [0.15, 0.2) is 67.1 Å². The normalized spacial score (nSPS) is 10.3. The summed E-state index contributed by atoms with van der Waals surface area (Å²) in [5.41, 5.74) is 2.33. The number of carbonyl (C=O) groups excluding carboxylic acids is 2. The molecule has 0 aliphatic carbocycles. The lowest BCUT2D eigenvalue weighted by Gasteiger charge is -2.18. The van der Waals surface area contributed by atoms with E-state index < -0.39 is 5.97 Å². The lowest BCUT2D eigenvalue weighted by Crippen LogP contribution is -2.22. The Labute approximate surface area is 169 Å². The third-order valence-electron chi connectivity index (χ3n) is 4.46. The number of hydrogen-bond acceptors (Lipinski definition) is 6. The van der Waals surface area contributed by atoms with Crippen molar-refractivity contribution in [3.8, 4) is 0 Å². The molecule has 29 heavy (non-hydrogen) atoms. The second-order valence-electron chi connectivity index (χ2n) is 6.42. The molecule has 7 nitrogen and oxygen atoms in total. The first-order valence-corrected chi connectivity index (χ1v) is 9.13. The van der Waals surface area contributed by atoms with Crippen molar-refractivity contribution in [2.45, 2.75) is 6.42 Å². The fourth-order valence-electron chi connectivity index (χ4n) is 2.80. The van der Waals surface area contributed by atoms with Gasteiger partial charge in [-0.15, -0.1) is 0 Å². The lowest BCUT2D eigenvalue weighted by atomic mass is 10.1. The number of amides is 1. The van der Waals surface area contributed by atoms with E-state index in [1.165, 1.54) is 12.7 Å². The number of para-hydroxylation sites is 1. The zero-order valence-electron chi connectivity index (χ0n) is 16.3. The van der Waals surface area contributed by atoms with Crippen molar-refractivity contribution in [1.82, 2.24) is 9.97 Å². The fourth-order valence-corrected chi connectivity index (χ4v) is 2.80. The topological polar surface area (TPSA) is 84.4 Å². The summed E-state index contributed by atoms with van der Waals surface area (Å²) in [5.74, 6) is -0.146. The van der Waals surface area contributed by atoms with E-state index in [4.69, 9.17) is 4.74 Å². The highest BCUT2D eigenvalue weighted by Gasteiger charge is 2.15. The molecule has 148 valence electrons. The quantitative estimate of drug-likeness (QED) is 0.624. The van der Waals surface area contributed by atoms with Gasteiger partial charge in [0, 0.05) is 37.7 Å². The van der Waals surface area contributed by atoms with Crippen LogP contribution in [0.25, 0.3) is 0 Å². The average Bonchev–Trinajstić information content (AvgIpc) is 2.78. The summed E-state index contributed by atoms with van der Waals surface area (Å²) in [5, 5.41) is 2.77. The second kappa shape index (κ2) is 9.45. The molecule has 1 amide bonds. The maximum Gasteiger partial charge on any atom is 0.339 e. The van der Waals surface area contributed by atoms with Crippen LogP contribution in [-0.4, -0.2) is 42.5 Å². The van der Waals surface area contributed by atoms with Crippen molar-refractivity contribution in [2.75, 3.05) is 30.9 Å². The third-order valence-corrected chi connectivity index (χ3v) is 4.46. The molecule has 2 heterocycles. The van der Waals surface area contributed by atoms with Crippen LogP contribution in [0.1, 0.15) is 26.3 Å². The summed E-state index contributed by atoms with van der Waals surface area (Å²) in [6.45, 7) is 0.743. The van der Waals surface area contributed by atoms with Crippen LogP contribution in [0.2, 0.25) is 0 Å². The van der Waals surface area contributed by atoms with E-state index >= 15 is 0 Å². The number of likely N-dealkylation sites (N-methyl/N-ethyl adjacent to an activating group) is 1. The third kappa shape index (κ3) is 5.16. The number of pyridine rings is 2. The number of nitrogens with zero attached hydrogens (tertiary/aromatic N) is 3. The van der Waals surface area contributed by atoms with E-state index in [2.05, 4.69) is 15.3 Å². The lowest BCUT2D eigenvalue weighted by molar-refractivity contribution is 0.0602. The molecule has 0 atom stereocenters. The van der Waals surface area contributed by atoms with Crippen molar-refractivity contribution in [2.24, 2.45) is 0 Å². The van der Waals surface area contributed by atoms with Gasteiger partial charge in [0.25, 0.3) is 5.91 Å². The number of rotatable bonds is 7. The first kappa shape index (κ1) is 20.0. The van der Waals surface area contributed by atoms with E-state index in [9.17, 15) is 9.59 Å². The van der Waals surface area contributed by atoms with Gasteiger partial charge >= 0.3 is 5.97 Å². The SMILES string of the molecule is COC(=O)c1ccccc1NC(=O)c1ccnc(N(C)CCc2ccncc2)c1. The molecule has 0 saturated heterocycles. The number of anilines is 2.